The Labute approximate surface area is 99.6 Å². The number of allylic oxidation sites excluding steroid dienone is 1. The summed E-state index contributed by atoms with van der Waals surface area (Å²) >= 11 is 6.47. The molecule has 0 aliphatic heterocycles. The topological polar surface area (TPSA) is 29.1 Å². The maximum atomic E-state index is 11.4. The number of nitrogens with one attached hydrogen (secondary N) is 1. The molecule has 0 heterocycles. The van der Waals surface area contributed by atoms with Gasteiger partial charge in [-0.15, -0.1) is 0 Å². The third-order valence-electron chi connectivity index (χ3n) is 1.57. The predicted molar refractivity (Wildman–Crippen MR) is 65.5 cm³/mol. The molecule has 0 fully saturated rings. The van der Waals surface area contributed by atoms with Crippen LogP contribution in [-0.2, 0) is 4.79 Å². The van der Waals surface area contributed by atoms with Crippen LogP contribution in [0.3, 0.4) is 0 Å². The van der Waals surface area contributed by atoms with E-state index < -0.39 is 0 Å². The van der Waals surface area contributed by atoms with Crippen LogP contribution in [-0.4, -0.2) is 5.91 Å². The van der Waals surface area contributed by atoms with Crippen molar-refractivity contribution in [2.24, 2.45) is 0 Å². The summed E-state index contributed by atoms with van der Waals surface area (Å²) in [5.74, 6) is -0.144. The number of carbonyl (C=O) groups excluding carboxylic acids is 1. The molecular formula is C10H9Br2NO. The lowest BCUT2D eigenvalue weighted by atomic mass is 10.3. The van der Waals surface area contributed by atoms with E-state index in [0.717, 1.165) is 10.2 Å². The highest BCUT2D eigenvalue weighted by Crippen LogP contribution is 2.15. The zero-order valence-corrected chi connectivity index (χ0v) is 10.7. The predicted octanol–water partition coefficient (Wildman–Crippen LogP) is 3.69. The lowest BCUT2D eigenvalue weighted by molar-refractivity contribution is -0.112. The summed E-state index contributed by atoms with van der Waals surface area (Å²) in [7, 11) is 0. The highest BCUT2D eigenvalue weighted by atomic mass is 79.9. The van der Waals surface area contributed by atoms with Crippen LogP contribution in [0.15, 0.2) is 39.3 Å². The van der Waals surface area contributed by atoms with Crippen LogP contribution in [0, 0.1) is 0 Å². The molecular weight excluding hydrogens is 310 g/mol. The Morgan fingerprint density at radius 1 is 1.36 bits per heavy atom. The lowest BCUT2D eigenvalue weighted by Gasteiger charge is -2.03. The second-order valence-electron chi connectivity index (χ2n) is 2.60. The van der Waals surface area contributed by atoms with Gasteiger partial charge in [0.25, 0.3) is 5.91 Å². The number of hydrogen-bond donors (Lipinski definition) is 1. The molecule has 0 saturated heterocycles. The number of amides is 1. The summed E-state index contributed by atoms with van der Waals surface area (Å²) in [5, 5.41) is 2.74. The summed E-state index contributed by atoms with van der Waals surface area (Å²) in [5.41, 5.74) is 0.775. The first-order valence-electron chi connectivity index (χ1n) is 4.02. The van der Waals surface area contributed by atoms with E-state index in [4.69, 9.17) is 0 Å². The van der Waals surface area contributed by atoms with E-state index in [2.05, 4.69) is 37.2 Å². The van der Waals surface area contributed by atoms with E-state index in [0.29, 0.717) is 4.48 Å². The minimum atomic E-state index is -0.144. The van der Waals surface area contributed by atoms with E-state index in [1.165, 1.54) is 0 Å². The molecule has 0 radical (unpaired) electrons. The second-order valence-corrected chi connectivity index (χ2v) is 4.37. The van der Waals surface area contributed by atoms with Gasteiger partial charge in [0.2, 0.25) is 0 Å². The van der Waals surface area contributed by atoms with Gasteiger partial charge in [0.05, 0.1) is 4.48 Å². The van der Waals surface area contributed by atoms with Crippen LogP contribution in [0.5, 0.6) is 0 Å². The highest BCUT2D eigenvalue weighted by molar-refractivity contribution is 9.12. The first-order chi connectivity index (χ1) is 6.63. The van der Waals surface area contributed by atoms with Gasteiger partial charge >= 0.3 is 0 Å². The fourth-order valence-electron chi connectivity index (χ4n) is 0.855. The molecule has 1 rings (SSSR count). The Morgan fingerprint density at radius 3 is 2.43 bits per heavy atom. The Morgan fingerprint density at radius 2 is 1.93 bits per heavy atom. The minimum Gasteiger partial charge on any atom is -0.322 e. The smallest absolute Gasteiger partial charge is 0.262 e. The molecule has 2 nitrogen and oxygen atoms in total. The summed E-state index contributed by atoms with van der Waals surface area (Å²) < 4.78 is 1.51. The van der Waals surface area contributed by atoms with Crippen molar-refractivity contribution in [3.63, 3.8) is 0 Å². The van der Waals surface area contributed by atoms with Crippen molar-refractivity contribution in [3.8, 4) is 0 Å². The first-order valence-corrected chi connectivity index (χ1v) is 5.61. The Hall–Kier alpha value is -0.610. The van der Waals surface area contributed by atoms with Gasteiger partial charge in [0.1, 0.15) is 0 Å². The van der Waals surface area contributed by atoms with E-state index in [1.807, 2.05) is 24.3 Å². The molecule has 0 saturated carbocycles. The fourth-order valence-corrected chi connectivity index (χ4v) is 1.22. The van der Waals surface area contributed by atoms with Crippen LogP contribution >= 0.6 is 31.9 Å². The van der Waals surface area contributed by atoms with Crippen molar-refractivity contribution >= 4 is 43.5 Å². The standard InChI is InChI=1S/C10H9Br2NO/c1-2-9(12)10(14)13-8-5-3-7(11)4-6-8/h2-6H,1H3,(H,13,14)/b9-2-. The number of rotatable bonds is 2. The van der Waals surface area contributed by atoms with Crippen molar-refractivity contribution < 1.29 is 4.79 Å². The average molecular weight is 319 g/mol. The molecule has 0 spiro atoms. The summed E-state index contributed by atoms with van der Waals surface area (Å²) in [6.07, 6.45) is 1.70. The molecule has 0 aliphatic rings. The van der Waals surface area contributed by atoms with Crippen molar-refractivity contribution in [3.05, 3.63) is 39.3 Å². The maximum Gasteiger partial charge on any atom is 0.262 e. The van der Waals surface area contributed by atoms with Crippen molar-refractivity contribution in [2.45, 2.75) is 6.92 Å². The molecule has 14 heavy (non-hydrogen) atoms. The SMILES string of the molecule is C/C=C(\Br)C(=O)Nc1ccc(Br)cc1. The monoisotopic (exact) mass is 317 g/mol. The number of anilines is 1. The van der Waals surface area contributed by atoms with E-state index >= 15 is 0 Å². The summed E-state index contributed by atoms with van der Waals surface area (Å²) in [6, 6.07) is 7.41. The van der Waals surface area contributed by atoms with Gasteiger partial charge < -0.3 is 5.32 Å². The van der Waals surface area contributed by atoms with Gasteiger partial charge in [0, 0.05) is 10.2 Å². The normalized spacial score (nSPS) is 11.2. The van der Waals surface area contributed by atoms with Crippen LogP contribution in [0.1, 0.15) is 6.92 Å². The van der Waals surface area contributed by atoms with Gasteiger partial charge in [-0.05, 0) is 47.1 Å². The van der Waals surface area contributed by atoms with Crippen LogP contribution in [0.25, 0.3) is 0 Å². The fraction of sp³-hybridized carbons (Fsp3) is 0.100. The molecule has 0 aromatic heterocycles. The molecule has 0 bridgehead atoms. The van der Waals surface area contributed by atoms with Gasteiger partial charge in [0.15, 0.2) is 0 Å². The third-order valence-corrected chi connectivity index (χ3v) is 2.92. The Balaban J connectivity index is 2.70. The number of halogens is 2. The van der Waals surface area contributed by atoms with Gasteiger partial charge in [-0.3, -0.25) is 4.79 Å². The zero-order chi connectivity index (χ0) is 10.6. The van der Waals surface area contributed by atoms with E-state index in [-0.39, 0.29) is 5.91 Å². The van der Waals surface area contributed by atoms with Gasteiger partial charge in [-0.25, -0.2) is 0 Å². The molecule has 1 aromatic carbocycles. The molecule has 74 valence electrons. The van der Waals surface area contributed by atoms with E-state index in [9.17, 15) is 4.79 Å². The Bertz CT molecular complexity index is 357. The highest BCUT2D eigenvalue weighted by Gasteiger charge is 2.04. The van der Waals surface area contributed by atoms with Crippen molar-refractivity contribution in [1.29, 1.82) is 0 Å². The minimum absolute atomic E-state index is 0.144. The Kier molecular flexibility index (Phi) is 4.35. The van der Waals surface area contributed by atoms with Gasteiger partial charge in [-0.1, -0.05) is 22.0 Å². The van der Waals surface area contributed by atoms with Gasteiger partial charge in [-0.2, -0.15) is 0 Å². The van der Waals surface area contributed by atoms with Crippen LogP contribution < -0.4 is 5.32 Å². The summed E-state index contributed by atoms with van der Waals surface area (Å²) in [4.78, 5) is 11.4. The van der Waals surface area contributed by atoms with Crippen LogP contribution in [0.4, 0.5) is 5.69 Å². The molecule has 0 atom stereocenters. The van der Waals surface area contributed by atoms with Crippen molar-refractivity contribution in [1.82, 2.24) is 0 Å². The molecule has 1 aromatic rings. The average Bonchev–Trinajstić information content (AvgIpc) is 2.20. The molecule has 0 aliphatic carbocycles. The summed E-state index contributed by atoms with van der Waals surface area (Å²) in [6.45, 7) is 1.80. The van der Waals surface area contributed by atoms with Crippen LogP contribution in [0.2, 0.25) is 0 Å². The molecule has 1 amide bonds. The first kappa shape index (κ1) is 11.5. The second kappa shape index (κ2) is 5.32. The van der Waals surface area contributed by atoms with E-state index in [1.54, 1.807) is 13.0 Å². The quantitative estimate of drug-likeness (QED) is 0.828. The number of hydrogen-bond acceptors (Lipinski definition) is 1. The lowest BCUT2D eigenvalue weighted by Crippen LogP contribution is -2.10. The van der Waals surface area contributed by atoms with Crippen molar-refractivity contribution in [2.75, 3.05) is 5.32 Å². The maximum absolute atomic E-state index is 11.4. The molecule has 0 unspecified atom stereocenters. The largest absolute Gasteiger partial charge is 0.322 e. The molecule has 1 N–H and O–H groups in total. The molecule has 4 heteroatoms. The third kappa shape index (κ3) is 3.27. The zero-order valence-electron chi connectivity index (χ0n) is 7.55. The number of carbonyl (C=O) groups is 1. The number of benzene rings is 1.